The van der Waals surface area contributed by atoms with Gasteiger partial charge in [-0.15, -0.1) is 0 Å². The molecule has 0 atom stereocenters. The molecule has 0 unspecified atom stereocenters. The summed E-state index contributed by atoms with van der Waals surface area (Å²) in [6.45, 7) is 0.589. The fourth-order valence-corrected chi connectivity index (χ4v) is 3.81. The number of halogens is 2. The van der Waals surface area contributed by atoms with E-state index in [1.165, 1.54) is 0 Å². The highest BCUT2D eigenvalue weighted by Crippen LogP contribution is 2.24. The predicted molar refractivity (Wildman–Crippen MR) is 118 cm³/mol. The first-order chi connectivity index (χ1) is 14.6. The Labute approximate surface area is 184 Å². The number of fused-ring (bicyclic) bond motifs is 1. The minimum atomic E-state index is -0.108. The van der Waals surface area contributed by atoms with Crippen molar-refractivity contribution in [1.29, 1.82) is 5.26 Å². The zero-order valence-electron chi connectivity index (χ0n) is 16.0. The van der Waals surface area contributed by atoms with Gasteiger partial charge in [-0.05, 0) is 47.4 Å². The summed E-state index contributed by atoms with van der Waals surface area (Å²) < 4.78 is 2.12. The van der Waals surface area contributed by atoms with E-state index >= 15 is 0 Å². The van der Waals surface area contributed by atoms with Crippen LogP contribution in [0, 0.1) is 11.3 Å². The lowest BCUT2D eigenvalue weighted by atomic mass is 10.1. The molecule has 2 heterocycles. The summed E-state index contributed by atoms with van der Waals surface area (Å²) in [5, 5.41) is 20.9. The Morgan fingerprint density at radius 2 is 1.80 bits per heavy atom. The van der Waals surface area contributed by atoms with Crippen LogP contribution in [0.15, 0.2) is 54.7 Å². The van der Waals surface area contributed by atoms with Crippen molar-refractivity contribution in [3.8, 4) is 6.07 Å². The quantitative estimate of drug-likeness (QED) is 0.464. The summed E-state index contributed by atoms with van der Waals surface area (Å²) >= 11 is 12.1. The highest BCUT2D eigenvalue weighted by atomic mass is 35.5. The van der Waals surface area contributed by atoms with Crippen molar-refractivity contribution >= 4 is 34.2 Å². The molecule has 0 fully saturated rings. The van der Waals surface area contributed by atoms with E-state index in [9.17, 15) is 10.4 Å². The number of nitriles is 1. The van der Waals surface area contributed by atoms with Gasteiger partial charge in [0.15, 0.2) is 0 Å². The molecule has 0 aliphatic rings. The van der Waals surface area contributed by atoms with Crippen LogP contribution >= 0.6 is 23.2 Å². The molecule has 7 heteroatoms. The van der Waals surface area contributed by atoms with Crippen LogP contribution in [-0.4, -0.2) is 19.6 Å². The van der Waals surface area contributed by atoms with E-state index < -0.39 is 0 Å². The van der Waals surface area contributed by atoms with Gasteiger partial charge in [0.05, 0.1) is 6.61 Å². The number of aromatic nitrogens is 3. The van der Waals surface area contributed by atoms with E-state index in [0.29, 0.717) is 28.6 Å². The van der Waals surface area contributed by atoms with Gasteiger partial charge in [0.1, 0.15) is 11.7 Å². The van der Waals surface area contributed by atoms with Crippen LogP contribution in [0.1, 0.15) is 28.2 Å². The van der Waals surface area contributed by atoms with Crippen LogP contribution in [0.4, 0.5) is 0 Å². The third-order valence-electron chi connectivity index (χ3n) is 5.02. The van der Waals surface area contributed by atoms with Gasteiger partial charge < -0.3 is 9.67 Å². The maximum absolute atomic E-state index is 9.52. The standard InChI is InChI=1S/C23H18Cl2N4O/c24-19-4-1-15(2-5-19)7-8-29-20(10-16-3-6-21(25)18(9-16)14-30)11-17-13-27-22(12-26)28-23(17)29/h1-6,9,11,13,30H,7-8,10,14H2. The fourth-order valence-electron chi connectivity index (χ4n) is 3.50. The third kappa shape index (κ3) is 4.31. The molecule has 2 aromatic heterocycles. The topological polar surface area (TPSA) is 74.7 Å². The van der Waals surface area contributed by atoms with E-state index in [0.717, 1.165) is 34.3 Å². The summed E-state index contributed by atoms with van der Waals surface area (Å²) in [6.07, 6.45) is 3.12. The minimum absolute atomic E-state index is 0.108. The summed E-state index contributed by atoms with van der Waals surface area (Å²) in [7, 11) is 0. The zero-order valence-corrected chi connectivity index (χ0v) is 17.5. The van der Waals surface area contributed by atoms with Crippen molar-refractivity contribution in [2.75, 3.05) is 0 Å². The number of hydrogen-bond donors (Lipinski definition) is 1. The molecular weight excluding hydrogens is 419 g/mol. The molecule has 0 saturated carbocycles. The summed E-state index contributed by atoms with van der Waals surface area (Å²) in [4.78, 5) is 8.54. The van der Waals surface area contributed by atoms with Crippen molar-refractivity contribution < 1.29 is 5.11 Å². The molecule has 4 aromatic rings. The Morgan fingerprint density at radius 3 is 2.53 bits per heavy atom. The summed E-state index contributed by atoms with van der Waals surface area (Å²) in [5.74, 6) is 0.147. The molecule has 2 aromatic carbocycles. The predicted octanol–water partition coefficient (Wildman–Crippen LogP) is 4.94. The van der Waals surface area contributed by atoms with Crippen LogP contribution in [-0.2, 0) is 26.0 Å². The van der Waals surface area contributed by atoms with Gasteiger partial charge in [0.2, 0.25) is 5.82 Å². The molecule has 5 nitrogen and oxygen atoms in total. The van der Waals surface area contributed by atoms with Crippen molar-refractivity contribution in [1.82, 2.24) is 14.5 Å². The molecule has 4 rings (SSSR count). The smallest absolute Gasteiger partial charge is 0.234 e. The van der Waals surface area contributed by atoms with Gasteiger partial charge in [0.25, 0.3) is 0 Å². The van der Waals surface area contributed by atoms with Crippen LogP contribution < -0.4 is 0 Å². The van der Waals surface area contributed by atoms with Gasteiger partial charge in [-0.25, -0.2) is 9.97 Å². The normalized spacial score (nSPS) is 11.0. The van der Waals surface area contributed by atoms with E-state index in [1.54, 1.807) is 12.3 Å². The zero-order chi connectivity index (χ0) is 21.1. The second-order valence-corrected chi connectivity index (χ2v) is 7.85. The van der Waals surface area contributed by atoms with Crippen molar-refractivity contribution in [2.45, 2.75) is 26.0 Å². The SMILES string of the molecule is N#Cc1ncc2cc(Cc3ccc(Cl)c(CO)c3)n(CCc3ccc(Cl)cc3)c2n1. The van der Waals surface area contributed by atoms with Gasteiger partial charge in [-0.2, -0.15) is 5.26 Å². The first-order valence-electron chi connectivity index (χ1n) is 9.45. The molecule has 1 N–H and O–H groups in total. The molecule has 0 aliphatic carbocycles. The average molecular weight is 437 g/mol. The van der Waals surface area contributed by atoms with Crippen LogP contribution in [0.3, 0.4) is 0 Å². The Kier molecular flexibility index (Phi) is 6.01. The van der Waals surface area contributed by atoms with Crippen molar-refractivity contribution in [2.24, 2.45) is 0 Å². The molecular formula is C23H18Cl2N4O. The Morgan fingerprint density at radius 1 is 1.03 bits per heavy atom. The Balaban J connectivity index is 1.71. The van der Waals surface area contributed by atoms with Crippen LogP contribution in [0.5, 0.6) is 0 Å². The Bertz CT molecular complexity index is 1240. The fraction of sp³-hybridized carbons (Fsp3) is 0.174. The van der Waals surface area contributed by atoms with E-state index in [2.05, 4.69) is 14.5 Å². The largest absolute Gasteiger partial charge is 0.392 e. The van der Waals surface area contributed by atoms with Crippen LogP contribution in [0.25, 0.3) is 11.0 Å². The average Bonchev–Trinajstić information content (AvgIpc) is 3.10. The van der Waals surface area contributed by atoms with Gasteiger partial charge >= 0.3 is 0 Å². The Hall–Kier alpha value is -2.91. The second kappa shape index (κ2) is 8.85. The number of nitrogens with zero attached hydrogens (tertiary/aromatic N) is 4. The molecule has 0 radical (unpaired) electrons. The van der Waals surface area contributed by atoms with Crippen molar-refractivity contribution in [3.05, 3.63) is 93.0 Å². The van der Waals surface area contributed by atoms with E-state index in [1.807, 2.05) is 48.5 Å². The highest BCUT2D eigenvalue weighted by Gasteiger charge is 2.13. The summed E-state index contributed by atoms with van der Waals surface area (Å²) in [5.41, 5.74) is 4.68. The lowest BCUT2D eigenvalue weighted by molar-refractivity contribution is 0.282. The molecule has 0 bridgehead atoms. The molecule has 0 saturated heterocycles. The number of rotatable bonds is 6. The molecule has 0 spiro atoms. The first kappa shape index (κ1) is 20.4. The summed E-state index contributed by atoms with van der Waals surface area (Å²) in [6, 6.07) is 17.5. The first-order valence-corrected chi connectivity index (χ1v) is 10.2. The highest BCUT2D eigenvalue weighted by molar-refractivity contribution is 6.31. The number of aliphatic hydroxyl groups is 1. The van der Waals surface area contributed by atoms with Gasteiger partial charge in [0, 0.05) is 40.3 Å². The number of aliphatic hydroxyl groups excluding tert-OH is 1. The molecule has 30 heavy (non-hydrogen) atoms. The third-order valence-corrected chi connectivity index (χ3v) is 5.64. The van der Waals surface area contributed by atoms with Gasteiger partial charge in [-0.3, -0.25) is 0 Å². The monoisotopic (exact) mass is 436 g/mol. The number of aryl methyl sites for hydroxylation is 2. The lowest BCUT2D eigenvalue weighted by Gasteiger charge is -2.12. The van der Waals surface area contributed by atoms with Crippen molar-refractivity contribution in [3.63, 3.8) is 0 Å². The van der Waals surface area contributed by atoms with Crippen LogP contribution in [0.2, 0.25) is 10.0 Å². The van der Waals surface area contributed by atoms with Gasteiger partial charge in [-0.1, -0.05) is 47.5 Å². The molecule has 150 valence electrons. The van der Waals surface area contributed by atoms with E-state index in [-0.39, 0.29) is 12.4 Å². The lowest BCUT2D eigenvalue weighted by Crippen LogP contribution is -2.08. The minimum Gasteiger partial charge on any atom is -0.392 e. The van der Waals surface area contributed by atoms with E-state index in [4.69, 9.17) is 23.2 Å². The number of hydrogen-bond acceptors (Lipinski definition) is 4. The maximum atomic E-state index is 9.52. The molecule has 0 aliphatic heterocycles. The molecule has 0 amide bonds. The number of benzene rings is 2. The maximum Gasteiger partial charge on any atom is 0.234 e. The second-order valence-electron chi connectivity index (χ2n) is 7.01.